The summed E-state index contributed by atoms with van der Waals surface area (Å²) in [6.45, 7) is 1.01. The normalized spacial score (nSPS) is 12.9. The summed E-state index contributed by atoms with van der Waals surface area (Å²) in [4.78, 5) is 3.40. The van der Waals surface area contributed by atoms with Crippen molar-refractivity contribution in [3.63, 3.8) is 0 Å². The molecule has 1 heterocycles. The summed E-state index contributed by atoms with van der Waals surface area (Å²) >= 11 is 1.69. The fourth-order valence-electron chi connectivity index (χ4n) is 1.91. The average Bonchev–Trinajstić information content (AvgIpc) is 2.85. The topological polar surface area (TPSA) is 23.5 Å². The van der Waals surface area contributed by atoms with Crippen molar-refractivity contribution in [3.8, 4) is 0 Å². The van der Waals surface area contributed by atoms with Crippen molar-refractivity contribution in [1.29, 1.82) is 0 Å². The van der Waals surface area contributed by atoms with Gasteiger partial charge in [0.15, 0.2) is 0 Å². The van der Waals surface area contributed by atoms with E-state index in [0.29, 0.717) is 0 Å². The SMILES string of the molecule is CN(Cc1ccccc1)C(CO)c1cccs1. The smallest absolute Gasteiger partial charge is 0.0675 e. The maximum atomic E-state index is 9.51. The Morgan fingerprint density at radius 1 is 1.18 bits per heavy atom. The molecule has 2 nitrogen and oxygen atoms in total. The van der Waals surface area contributed by atoms with Crippen LogP contribution < -0.4 is 0 Å². The third-order valence-corrected chi connectivity index (χ3v) is 3.82. The number of aliphatic hydroxyl groups is 1. The second-order valence-electron chi connectivity index (χ2n) is 4.11. The maximum absolute atomic E-state index is 9.51. The number of likely N-dealkylation sites (N-methyl/N-ethyl adjacent to an activating group) is 1. The van der Waals surface area contributed by atoms with Gasteiger partial charge in [0.2, 0.25) is 0 Å². The molecule has 0 aliphatic heterocycles. The minimum Gasteiger partial charge on any atom is -0.394 e. The zero-order chi connectivity index (χ0) is 12.1. The van der Waals surface area contributed by atoms with Crippen molar-refractivity contribution in [2.75, 3.05) is 13.7 Å². The molecule has 2 rings (SSSR count). The molecule has 1 unspecified atom stereocenters. The van der Waals surface area contributed by atoms with E-state index in [1.54, 1.807) is 11.3 Å². The van der Waals surface area contributed by atoms with Gasteiger partial charge in [-0.3, -0.25) is 4.90 Å². The zero-order valence-electron chi connectivity index (χ0n) is 9.91. The molecule has 0 fully saturated rings. The van der Waals surface area contributed by atoms with Crippen LogP contribution in [0.25, 0.3) is 0 Å². The summed E-state index contributed by atoms with van der Waals surface area (Å²) in [6, 6.07) is 14.5. The quantitative estimate of drug-likeness (QED) is 0.878. The van der Waals surface area contributed by atoms with Crippen LogP contribution in [0, 0.1) is 0 Å². The zero-order valence-corrected chi connectivity index (χ0v) is 10.7. The first kappa shape index (κ1) is 12.3. The van der Waals surface area contributed by atoms with Crippen molar-refractivity contribution in [2.24, 2.45) is 0 Å². The fraction of sp³-hybridized carbons (Fsp3) is 0.286. The highest BCUT2D eigenvalue weighted by Crippen LogP contribution is 2.24. The van der Waals surface area contributed by atoms with Gasteiger partial charge in [-0.2, -0.15) is 0 Å². The Labute approximate surface area is 106 Å². The molecule has 1 atom stereocenters. The van der Waals surface area contributed by atoms with Crippen LogP contribution in [-0.4, -0.2) is 23.7 Å². The number of hydrogen-bond acceptors (Lipinski definition) is 3. The van der Waals surface area contributed by atoms with Crippen LogP contribution in [-0.2, 0) is 6.54 Å². The molecule has 1 N–H and O–H groups in total. The lowest BCUT2D eigenvalue weighted by Gasteiger charge is -2.25. The lowest BCUT2D eigenvalue weighted by Crippen LogP contribution is -2.26. The summed E-state index contributed by atoms with van der Waals surface area (Å²) in [5.41, 5.74) is 1.27. The summed E-state index contributed by atoms with van der Waals surface area (Å²) in [5.74, 6) is 0. The molecule has 0 spiro atoms. The van der Waals surface area contributed by atoms with Crippen LogP contribution in [0.4, 0.5) is 0 Å². The first-order valence-electron chi connectivity index (χ1n) is 5.69. The lowest BCUT2D eigenvalue weighted by atomic mass is 10.1. The number of rotatable bonds is 5. The second kappa shape index (κ2) is 5.96. The van der Waals surface area contributed by atoms with E-state index in [-0.39, 0.29) is 12.6 Å². The third-order valence-electron chi connectivity index (χ3n) is 2.85. The van der Waals surface area contributed by atoms with Gasteiger partial charge < -0.3 is 5.11 Å². The highest BCUT2D eigenvalue weighted by molar-refractivity contribution is 7.10. The van der Waals surface area contributed by atoms with E-state index in [2.05, 4.69) is 23.1 Å². The first-order valence-corrected chi connectivity index (χ1v) is 6.57. The van der Waals surface area contributed by atoms with Gasteiger partial charge in [0, 0.05) is 11.4 Å². The molecule has 17 heavy (non-hydrogen) atoms. The van der Waals surface area contributed by atoms with Crippen molar-refractivity contribution in [3.05, 3.63) is 58.3 Å². The molecular formula is C14H17NOS. The van der Waals surface area contributed by atoms with E-state index < -0.39 is 0 Å². The average molecular weight is 247 g/mol. The molecule has 0 bridgehead atoms. The van der Waals surface area contributed by atoms with Crippen molar-refractivity contribution in [1.82, 2.24) is 4.90 Å². The molecule has 0 aliphatic carbocycles. The molecule has 0 radical (unpaired) electrons. The Morgan fingerprint density at radius 3 is 2.53 bits per heavy atom. The van der Waals surface area contributed by atoms with Crippen LogP contribution >= 0.6 is 11.3 Å². The van der Waals surface area contributed by atoms with Gasteiger partial charge in [0.25, 0.3) is 0 Å². The summed E-state index contributed by atoms with van der Waals surface area (Å²) in [7, 11) is 2.05. The van der Waals surface area contributed by atoms with E-state index in [0.717, 1.165) is 6.54 Å². The molecule has 2 aromatic rings. The first-order chi connectivity index (χ1) is 8.31. The van der Waals surface area contributed by atoms with E-state index >= 15 is 0 Å². The molecule has 1 aromatic heterocycles. The Hall–Kier alpha value is -1.16. The largest absolute Gasteiger partial charge is 0.394 e. The predicted molar refractivity (Wildman–Crippen MR) is 72.1 cm³/mol. The number of hydrogen-bond donors (Lipinski definition) is 1. The van der Waals surface area contributed by atoms with Gasteiger partial charge in [-0.15, -0.1) is 11.3 Å². The van der Waals surface area contributed by atoms with Crippen molar-refractivity contribution in [2.45, 2.75) is 12.6 Å². The van der Waals surface area contributed by atoms with Crippen molar-refractivity contribution < 1.29 is 5.11 Å². The maximum Gasteiger partial charge on any atom is 0.0675 e. The minimum absolute atomic E-state index is 0.0928. The summed E-state index contributed by atoms with van der Waals surface area (Å²) < 4.78 is 0. The Bertz CT molecular complexity index is 427. The monoisotopic (exact) mass is 247 g/mol. The number of thiophene rings is 1. The fourth-order valence-corrected chi connectivity index (χ4v) is 2.79. The van der Waals surface area contributed by atoms with E-state index in [1.807, 2.05) is 36.7 Å². The summed E-state index contributed by atoms with van der Waals surface area (Å²) in [6.07, 6.45) is 0. The molecular weight excluding hydrogens is 230 g/mol. The van der Waals surface area contributed by atoms with E-state index in [1.165, 1.54) is 10.4 Å². The molecule has 0 saturated heterocycles. The second-order valence-corrected chi connectivity index (χ2v) is 5.09. The molecule has 0 aliphatic rings. The van der Waals surface area contributed by atoms with Gasteiger partial charge in [0.1, 0.15) is 0 Å². The van der Waals surface area contributed by atoms with Crippen LogP contribution in [0.1, 0.15) is 16.5 Å². The molecule has 0 amide bonds. The Morgan fingerprint density at radius 2 is 1.94 bits per heavy atom. The number of benzene rings is 1. The highest BCUT2D eigenvalue weighted by Gasteiger charge is 2.16. The van der Waals surface area contributed by atoms with Crippen LogP contribution in [0.2, 0.25) is 0 Å². The van der Waals surface area contributed by atoms with Gasteiger partial charge in [-0.1, -0.05) is 36.4 Å². The standard InChI is InChI=1S/C14H17NOS/c1-15(10-12-6-3-2-4-7-12)13(11-16)14-8-5-9-17-14/h2-9,13,16H,10-11H2,1H3. The predicted octanol–water partition coefficient (Wildman–Crippen LogP) is 2.91. The Kier molecular flexibility index (Phi) is 4.31. The van der Waals surface area contributed by atoms with E-state index in [4.69, 9.17) is 0 Å². The molecule has 1 aromatic carbocycles. The Balaban J connectivity index is 2.06. The number of aliphatic hydroxyl groups excluding tert-OH is 1. The van der Waals surface area contributed by atoms with Crippen LogP contribution in [0.5, 0.6) is 0 Å². The molecule has 0 saturated carbocycles. The van der Waals surface area contributed by atoms with Gasteiger partial charge >= 0.3 is 0 Å². The lowest BCUT2D eigenvalue weighted by molar-refractivity contribution is 0.145. The minimum atomic E-state index is 0.0928. The van der Waals surface area contributed by atoms with Gasteiger partial charge in [-0.25, -0.2) is 0 Å². The summed E-state index contributed by atoms with van der Waals surface area (Å²) in [5, 5.41) is 11.6. The third kappa shape index (κ3) is 3.16. The molecule has 90 valence electrons. The van der Waals surface area contributed by atoms with Crippen LogP contribution in [0.15, 0.2) is 47.8 Å². The van der Waals surface area contributed by atoms with Crippen molar-refractivity contribution >= 4 is 11.3 Å². The number of nitrogens with zero attached hydrogens (tertiary/aromatic N) is 1. The van der Waals surface area contributed by atoms with E-state index in [9.17, 15) is 5.11 Å². The van der Waals surface area contributed by atoms with Crippen LogP contribution in [0.3, 0.4) is 0 Å². The highest BCUT2D eigenvalue weighted by atomic mass is 32.1. The molecule has 3 heteroatoms. The van der Waals surface area contributed by atoms with Gasteiger partial charge in [0.05, 0.1) is 12.6 Å². The van der Waals surface area contributed by atoms with Gasteiger partial charge in [-0.05, 0) is 24.1 Å².